The van der Waals surface area contributed by atoms with E-state index in [2.05, 4.69) is 4.31 Å². The zero-order chi connectivity index (χ0) is 7.71. The molecule has 0 aliphatic rings. The summed E-state index contributed by atoms with van der Waals surface area (Å²) in [6, 6.07) is 0. The predicted molar refractivity (Wildman–Crippen MR) is 36.5 cm³/mol. The Kier molecular flexibility index (Phi) is 65.3. The molecule has 88 valence electrons. The molecule has 0 fully saturated rings. The van der Waals surface area contributed by atoms with Crippen molar-refractivity contribution in [2.75, 3.05) is 0 Å². The average Bonchev–Trinajstić information content (AvgIpc) is 1.14. The summed E-state index contributed by atoms with van der Waals surface area (Å²) in [5.74, 6) is 0. The van der Waals surface area contributed by atoms with Gasteiger partial charge < -0.3 is 54.9 Å². The van der Waals surface area contributed by atoms with Crippen LogP contribution in [0.4, 0.5) is 0 Å². The first-order valence-electron chi connectivity index (χ1n) is 1.46. The van der Waals surface area contributed by atoms with Crippen molar-refractivity contribution in [3.63, 3.8) is 0 Å². The number of hydrogen-bond donors (Lipinski definition) is 0. The summed E-state index contributed by atoms with van der Waals surface area (Å²) in [6.45, 7) is 0. The molecule has 11 nitrogen and oxygen atoms in total. The van der Waals surface area contributed by atoms with Crippen LogP contribution < -0.4 is 78.7 Å². The SMILES string of the molecule is O.O.O.O.O=P([O-])([O-])OP(=O)([O-])[O-].[Ca+2].[Na+].[Na+]. The maximum Gasteiger partial charge on any atom is 2.00 e. The van der Waals surface area contributed by atoms with Crippen molar-refractivity contribution in [2.45, 2.75) is 0 Å². The van der Waals surface area contributed by atoms with Crippen molar-refractivity contribution in [3.05, 3.63) is 0 Å². The molecule has 0 aliphatic heterocycles. The fourth-order valence-electron chi connectivity index (χ4n) is 0.122. The molecule has 0 saturated carbocycles. The van der Waals surface area contributed by atoms with Gasteiger partial charge in [-0.25, -0.2) is 0 Å². The van der Waals surface area contributed by atoms with Crippen LogP contribution in [0.3, 0.4) is 0 Å². The van der Waals surface area contributed by atoms with Gasteiger partial charge >= 0.3 is 96.9 Å². The van der Waals surface area contributed by atoms with E-state index in [9.17, 15) is 28.7 Å². The van der Waals surface area contributed by atoms with Gasteiger partial charge in [-0.1, -0.05) is 0 Å². The van der Waals surface area contributed by atoms with E-state index in [1.807, 2.05) is 0 Å². The third-order valence-corrected chi connectivity index (χ3v) is 1.80. The molecule has 0 aliphatic carbocycles. The molecular formula is H8CaNa2O11P2. The first-order chi connectivity index (χ1) is 3.71. The molecule has 0 aromatic heterocycles. The van der Waals surface area contributed by atoms with Crippen LogP contribution in [0.2, 0.25) is 0 Å². The van der Waals surface area contributed by atoms with Gasteiger partial charge in [0.1, 0.15) is 0 Å². The molecule has 0 atom stereocenters. The Morgan fingerprint density at radius 2 is 0.812 bits per heavy atom. The largest absolute Gasteiger partial charge is 2.00 e. The Labute approximate surface area is 165 Å². The fraction of sp³-hybridized carbons (Fsp3) is 0. The second kappa shape index (κ2) is 20.7. The van der Waals surface area contributed by atoms with Gasteiger partial charge in [-0.2, -0.15) is 0 Å². The van der Waals surface area contributed by atoms with E-state index < -0.39 is 15.6 Å². The van der Waals surface area contributed by atoms with Gasteiger partial charge in [0.05, 0.1) is 15.6 Å². The van der Waals surface area contributed by atoms with Gasteiger partial charge in [0.15, 0.2) is 0 Å². The summed E-state index contributed by atoms with van der Waals surface area (Å²) in [6.07, 6.45) is 0. The van der Waals surface area contributed by atoms with Gasteiger partial charge in [0.25, 0.3) is 0 Å². The summed E-state index contributed by atoms with van der Waals surface area (Å²) in [5, 5.41) is 0. The van der Waals surface area contributed by atoms with Gasteiger partial charge in [-0.15, -0.1) is 0 Å². The average molecular weight is 332 g/mol. The van der Waals surface area contributed by atoms with Crippen molar-refractivity contribution in [2.24, 2.45) is 0 Å². The van der Waals surface area contributed by atoms with E-state index in [1.54, 1.807) is 0 Å². The minimum Gasteiger partial charge on any atom is -0.790 e. The van der Waals surface area contributed by atoms with Gasteiger partial charge in [-0.05, 0) is 0 Å². The van der Waals surface area contributed by atoms with E-state index in [0.717, 1.165) is 0 Å². The Hall–Kier alpha value is 3.36. The third-order valence-electron chi connectivity index (χ3n) is 0.200. The summed E-state index contributed by atoms with van der Waals surface area (Å²) in [5.41, 5.74) is 0. The molecule has 0 aromatic rings. The van der Waals surface area contributed by atoms with Crippen LogP contribution >= 0.6 is 15.6 Å². The quantitative estimate of drug-likeness (QED) is 0.347. The summed E-state index contributed by atoms with van der Waals surface area (Å²) < 4.78 is 21.2. The van der Waals surface area contributed by atoms with Crippen molar-refractivity contribution >= 4 is 53.4 Å². The molecule has 0 bridgehead atoms. The number of phosphoric acid groups is 2. The van der Waals surface area contributed by atoms with Gasteiger partial charge in [0.2, 0.25) is 0 Å². The predicted octanol–water partition coefficient (Wildman–Crippen LogP) is -13.0. The molecule has 0 heterocycles. The van der Waals surface area contributed by atoms with Crippen LogP contribution in [0.25, 0.3) is 0 Å². The monoisotopic (exact) mass is 332 g/mol. The topological polar surface area (TPSA) is 262 Å². The minimum absolute atomic E-state index is 0. The Bertz CT molecular complexity index is 162. The van der Waals surface area contributed by atoms with E-state index >= 15 is 0 Å². The van der Waals surface area contributed by atoms with E-state index in [4.69, 9.17) is 0 Å². The van der Waals surface area contributed by atoms with Crippen LogP contribution in [0.15, 0.2) is 0 Å². The first-order valence-corrected chi connectivity index (χ1v) is 4.38. The molecule has 16 heavy (non-hydrogen) atoms. The number of rotatable bonds is 2. The standard InChI is InChI=1S/Ca.2Na.H4O7P2.4H2O/c;;;1-8(2,3)7-9(4,5)6;;;;/h;;;(H2,1,2,3)(H2,4,5,6);4*1H2/q+2;2*+1;;;;;/p-4. The zero-order valence-corrected chi connectivity index (χ0v) is 16.5. The van der Waals surface area contributed by atoms with Gasteiger partial charge in [-0.3, -0.25) is 0 Å². The zero-order valence-electron chi connectivity index (χ0n) is 8.46. The van der Waals surface area contributed by atoms with E-state index in [0.29, 0.717) is 0 Å². The van der Waals surface area contributed by atoms with E-state index in [1.165, 1.54) is 0 Å². The molecular weight excluding hydrogens is 324 g/mol. The van der Waals surface area contributed by atoms with Crippen LogP contribution in [0.5, 0.6) is 0 Å². The summed E-state index contributed by atoms with van der Waals surface area (Å²) in [7, 11) is -11.4. The number of hydrogen-bond acceptors (Lipinski definition) is 7. The van der Waals surface area contributed by atoms with Crippen LogP contribution in [0, 0.1) is 0 Å². The Morgan fingerprint density at radius 3 is 0.812 bits per heavy atom. The normalized spacial score (nSPS) is 7.75. The molecule has 0 amide bonds. The van der Waals surface area contributed by atoms with E-state index in [-0.39, 0.29) is 119 Å². The van der Waals surface area contributed by atoms with Crippen molar-refractivity contribution < 1.29 is 114 Å². The molecule has 0 saturated heterocycles. The first kappa shape index (κ1) is 50.6. The van der Waals surface area contributed by atoms with Crippen molar-refractivity contribution in [3.8, 4) is 0 Å². The Balaban J connectivity index is -0.0000000152. The van der Waals surface area contributed by atoms with Crippen molar-refractivity contribution in [1.29, 1.82) is 0 Å². The minimum atomic E-state index is -5.68. The van der Waals surface area contributed by atoms with Gasteiger partial charge in [0, 0.05) is 0 Å². The Morgan fingerprint density at radius 1 is 0.688 bits per heavy atom. The molecule has 0 aromatic carbocycles. The molecule has 0 unspecified atom stereocenters. The van der Waals surface area contributed by atoms with Crippen LogP contribution in [-0.2, 0) is 13.4 Å². The maximum absolute atomic E-state index is 9.32. The smallest absolute Gasteiger partial charge is 0.790 e. The summed E-state index contributed by atoms with van der Waals surface area (Å²) in [4.78, 5) is 37.3. The summed E-state index contributed by atoms with van der Waals surface area (Å²) >= 11 is 0. The fourth-order valence-corrected chi connectivity index (χ4v) is 1.10. The van der Waals surface area contributed by atoms with Crippen molar-refractivity contribution in [1.82, 2.24) is 0 Å². The third kappa shape index (κ3) is 53.0. The maximum atomic E-state index is 9.32. The van der Waals surface area contributed by atoms with Crippen LogP contribution in [-0.4, -0.2) is 59.6 Å². The van der Waals surface area contributed by atoms with Crippen LogP contribution in [0.1, 0.15) is 0 Å². The molecule has 16 heteroatoms. The molecule has 0 rings (SSSR count). The molecule has 0 radical (unpaired) electrons. The second-order valence-corrected chi connectivity index (χ2v) is 3.42. The molecule has 0 spiro atoms. The second-order valence-electron chi connectivity index (χ2n) is 0.976. The molecule has 8 N–H and O–H groups in total.